The van der Waals surface area contributed by atoms with Crippen molar-refractivity contribution < 1.29 is 4.79 Å². The van der Waals surface area contributed by atoms with Crippen LogP contribution < -0.4 is 11.1 Å². The molecule has 0 radical (unpaired) electrons. The van der Waals surface area contributed by atoms with E-state index in [0.29, 0.717) is 17.8 Å². The molecule has 0 saturated carbocycles. The lowest BCUT2D eigenvalue weighted by Crippen LogP contribution is -2.22. The smallest absolute Gasteiger partial charge is 0.251 e. The summed E-state index contributed by atoms with van der Waals surface area (Å²) in [5.74, 6) is -0.134. The molecule has 0 atom stereocenters. The van der Waals surface area contributed by atoms with Crippen LogP contribution in [0.5, 0.6) is 0 Å². The van der Waals surface area contributed by atoms with Gasteiger partial charge in [-0.1, -0.05) is 6.07 Å². The summed E-state index contributed by atoms with van der Waals surface area (Å²) >= 11 is 0. The van der Waals surface area contributed by atoms with Gasteiger partial charge in [-0.25, -0.2) is 0 Å². The number of nitrogens with zero attached hydrogens (tertiary/aromatic N) is 2. The molecule has 0 fully saturated rings. The van der Waals surface area contributed by atoms with Gasteiger partial charge in [-0.2, -0.15) is 5.10 Å². The molecule has 0 unspecified atom stereocenters. The maximum atomic E-state index is 11.9. The van der Waals surface area contributed by atoms with Crippen LogP contribution in [0.2, 0.25) is 0 Å². The topological polar surface area (TPSA) is 72.9 Å². The van der Waals surface area contributed by atoms with Crippen molar-refractivity contribution in [2.75, 3.05) is 5.73 Å². The number of hydrogen-bond donors (Lipinski definition) is 2. The van der Waals surface area contributed by atoms with E-state index in [2.05, 4.69) is 10.4 Å². The predicted octanol–water partition coefficient (Wildman–Crippen LogP) is 1.24. The van der Waals surface area contributed by atoms with E-state index < -0.39 is 0 Å². The molecule has 1 aromatic heterocycles. The Balaban J connectivity index is 2.01. The summed E-state index contributed by atoms with van der Waals surface area (Å²) in [7, 11) is 1.84. The minimum Gasteiger partial charge on any atom is -0.398 e. The van der Waals surface area contributed by atoms with Gasteiger partial charge in [-0.15, -0.1) is 0 Å². The second kappa shape index (κ2) is 4.91. The summed E-state index contributed by atoms with van der Waals surface area (Å²) in [5.41, 5.74) is 8.91. The van der Waals surface area contributed by atoms with E-state index in [1.54, 1.807) is 23.0 Å². The zero-order valence-corrected chi connectivity index (χ0v) is 10.5. The van der Waals surface area contributed by atoms with Crippen LogP contribution in [0.25, 0.3) is 0 Å². The number of nitrogens with one attached hydrogen (secondary N) is 1. The fourth-order valence-corrected chi connectivity index (χ4v) is 1.63. The summed E-state index contributed by atoms with van der Waals surface area (Å²) in [5, 5.41) is 6.87. The number of aromatic nitrogens is 2. The van der Waals surface area contributed by atoms with Crippen molar-refractivity contribution in [3.63, 3.8) is 0 Å². The normalized spacial score (nSPS) is 10.3. The molecule has 0 spiro atoms. The van der Waals surface area contributed by atoms with Crippen molar-refractivity contribution in [3.05, 3.63) is 47.3 Å². The number of anilines is 1. The molecule has 3 N–H and O–H groups in total. The lowest BCUT2D eigenvalue weighted by molar-refractivity contribution is 0.0951. The van der Waals surface area contributed by atoms with Crippen molar-refractivity contribution in [1.82, 2.24) is 15.1 Å². The van der Waals surface area contributed by atoms with Crippen LogP contribution in [0.1, 0.15) is 21.5 Å². The molecule has 0 saturated heterocycles. The second-order valence-electron chi connectivity index (χ2n) is 4.28. The van der Waals surface area contributed by atoms with Crippen molar-refractivity contribution in [1.29, 1.82) is 0 Å². The van der Waals surface area contributed by atoms with E-state index in [-0.39, 0.29) is 5.91 Å². The summed E-state index contributed by atoms with van der Waals surface area (Å²) in [4.78, 5) is 11.9. The highest BCUT2D eigenvalue weighted by Gasteiger charge is 2.07. The average Bonchev–Trinajstić information content (AvgIpc) is 2.75. The highest BCUT2D eigenvalue weighted by atomic mass is 16.1. The Kier molecular flexibility index (Phi) is 3.32. The van der Waals surface area contributed by atoms with Gasteiger partial charge in [-0.3, -0.25) is 9.48 Å². The lowest BCUT2D eigenvalue weighted by atomic mass is 10.1. The molecular weight excluding hydrogens is 228 g/mol. The number of nitrogens with two attached hydrogens (primary N) is 1. The number of rotatable bonds is 3. The number of carbonyl (C=O) groups is 1. The van der Waals surface area contributed by atoms with Gasteiger partial charge in [0, 0.05) is 36.6 Å². The van der Waals surface area contributed by atoms with Crippen LogP contribution in [-0.4, -0.2) is 15.7 Å². The monoisotopic (exact) mass is 244 g/mol. The molecule has 0 aliphatic carbocycles. The van der Waals surface area contributed by atoms with Gasteiger partial charge in [0.15, 0.2) is 0 Å². The van der Waals surface area contributed by atoms with Crippen LogP contribution in [-0.2, 0) is 13.6 Å². The number of nitrogen functional groups attached to an aromatic ring is 1. The largest absolute Gasteiger partial charge is 0.398 e. The SMILES string of the molecule is Cc1ccc(C(=O)NCc2cnn(C)c2)cc1N. The molecule has 0 aliphatic heterocycles. The summed E-state index contributed by atoms with van der Waals surface area (Å²) in [6, 6.07) is 5.30. The maximum Gasteiger partial charge on any atom is 0.251 e. The first kappa shape index (κ1) is 12.2. The van der Waals surface area contributed by atoms with E-state index in [0.717, 1.165) is 11.1 Å². The molecule has 1 amide bonds. The van der Waals surface area contributed by atoms with Crippen molar-refractivity contribution in [2.24, 2.45) is 7.05 Å². The predicted molar refractivity (Wildman–Crippen MR) is 70.0 cm³/mol. The van der Waals surface area contributed by atoms with E-state index in [1.807, 2.05) is 26.2 Å². The molecule has 5 heteroatoms. The molecule has 2 aromatic rings. The van der Waals surface area contributed by atoms with Crippen LogP contribution >= 0.6 is 0 Å². The Morgan fingerprint density at radius 1 is 1.50 bits per heavy atom. The molecule has 18 heavy (non-hydrogen) atoms. The van der Waals surface area contributed by atoms with E-state index in [9.17, 15) is 4.79 Å². The Morgan fingerprint density at radius 2 is 2.28 bits per heavy atom. The van der Waals surface area contributed by atoms with Crippen LogP contribution in [0, 0.1) is 6.92 Å². The summed E-state index contributed by atoms with van der Waals surface area (Å²) in [6.45, 7) is 2.37. The van der Waals surface area contributed by atoms with Gasteiger partial charge in [0.1, 0.15) is 0 Å². The third-order valence-electron chi connectivity index (χ3n) is 2.75. The zero-order valence-electron chi connectivity index (χ0n) is 10.5. The van der Waals surface area contributed by atoms with Crippen LogP contribution in [0.3, 0.4) is 0 Å². The van der Waals surface area contributed by atoms with Crippen LogP contribution in [0.4, 0.5) is 5.69 Å². The van der Waals surface area contributed by atoms with Crippen LogP contribution in [0.15, 0.2) is 30.6 Å². The molecule has 0 aliphatic rings. The molecule has 0 bridgehead atoms. The first-order chi connectivity index (χ1) is 8.56. The van der Waals surface area contributed by atoms with Gasteiger partial charge in [0.25, 0.3) is 5.91 Å². The standard InChI is InChI=1S/C13H16N4O/c1-9-3-4-11(5-12(9)14)13(18)15-6-10-7-16-17(2)8-10/h3-5,7-8H,6,14H2,1-2H3,(H,15,18). The molecule has 2 rings (SSSR count). The minimum atomic E-state index is -0.134. The van der Waals surface area contributed by atoms with Crippen molar-refractivity contribution in [3.8, 4) is 0 Å². The maximum absolute atomic E-state index is 11.9. The second-order valence-corrected chi connectivity index (χ2v) is 4.28. The van der Waals surface area contributed by atoms with E-state index in [4.69, 9.17) is 5.73 Å². The number of amides is 1. The number of benzene rings is 1. The highest BCUT2D eigenvalue weighted by Crippen LogP contribution is 2.12. The van der Waals surface area contributed by atoms with Gasteiger partial charge < -0.3 is 11.1 Å². The number of carbonyl (C=O) groups excluding carboxylic acids is 1. The molecule has 1 aromatic carbocycles. The fraction of sp³-hybridized carbons (Fsp3) is 0.231. The van der Waals surface area contributed by atoms with Gasteiger partial charge in [-0.05, 0) is 24.6 Å². The molecule has 5 nitrogen and oxygen atoms in total. The fourth-order valence-electron chi connectivity index (χ4n) is 1.63. The summed E-state index contributed by atoms with van der Waals surface area (Å²) < 4.78 is 1.70. The van der Waals surface area contributed by atoms with Crippen molar-refractivity contribution in [2.45, 2.75) is 13.5 Å². The Labute approximate surface area is 106 Å². The Morgan fingerprint density at radius 3 is 2.89 bits per heavy atom. The van der Waals surface area contributed by atoms with Crippen molar-refractivity contribution >= 4 is 11.6 Å². The van der Waals surface area contributed by atoms with E-state index >= 15 is 0 Å². The quantitative estimate of drug-likeness (QED) is 0.798. The van der Waals surface area contributed by atoms with Gasteiger partial charge in [0.05, 0.1) is 6.20 Å². The highest BCUT2D eigenvalue weighted by molar-refractivity contribution is 5.95. The third-order valence-corrected chi connectivity index (χ3v) is 2.75. The first-order valence-corrected chi connectivity index (χ1v) is 5.68. The summed E-state index contributed by atoms with van der Waals surface area (Å²) in [6.07, 6.45) is 3.59. The Hall–Kier alpha value is -2.30. The lowest BCUT2D eigenvalue weighted by Gasteiger charge is -2.06. The Bertz CT molecular complexity index is 574. The van der Waals surface area contributed by atoms with Gasteiger partial charge >= 0.3 is 0 Å². The van der Waals surface area contributed by atoms with E-state index in [1.165, 1.54) is 0 Å². The molecule has 94 valence electrons. The van der Waals surface area contributed by atoms with Gasteiger partial charge in [0.2, 0.25) is 0 Å². The minimum absolute atomic E-state index is 0.134. The molecular formula is C13H16N4O. The zero-order chi connectivity index (χ0) is 13.1. The third kappa shape index (κ3) is 2.68. The average molecular weight is 244 g/mol. The first-order valence-electron chi connectivity index (χ1n) is 5.68. The number of hydrogen-bond acceptors (Lipinski definition) is 3. The number of aryl methyl sites for hydroxylation is 2. The molecule has 1 heterocycles.